The minimum Gasteiger partial charge on any atom is -0.125 e. The van der Waals surface area contributed by atoms with Crippen LogP contribution in [-0.4, -0.2) is 7.85 Å². The van der Waals surface area contributed by atoms with E-state index in [1.54, 1.807) is 0 Å². The second kappa shape index (κ2) is 5.93. The van der Waals surface area contributed by atoms with Crippen LogP contribution in [0.15, 0.2) is 12.1 Å². The maximum atomic E-state index is 5.38. The fourth-order valence-electron chi connectivity index (χ4n) is 0.779. The Morgan fingerprint density at radius 1 is 1.33 bits per heavy atom. The summed E-state index contributed by atoms with van der Waals surface area (Å²) in [6, 6.07) is 0. The third kappa shape index (κ3) is 7.80. The van der Waals surface area contributed by atoms with Crippen molar-refractivity contribution in [3.8, 4) is 0 Å². The molecule has 0 saturated heterocycles. The lowest BCUT2D eigenvalue weighted by Crippen LogP contribution is -1.80. The second-order valence-corrected chi connectivity index (χ2v) is 2.47. The summed E-state index contributed by atoms with van der Waals surface area (Å²) in [5.41, 5.74) is 0.825. The normalized spacial score (nSPS) is 9.44. The molecule has 0 aliphatic carbocycles. The van der Waals surface area contributed by atoms with Crippen LogP contribution in [0.4, 0.5) is 0 Å². The highest BCUT2D eigenvalue weighted by Gasteiger charge is 1.86. The van der Waals surface area contributed by atoms with Crippen molar-refractivity contribution in [1.29, 1.82) is 0 Å². The Kier molecular flexibility index (Phi) is 5.80. The molecule has 0 aliphatic heterocycles. The first-order valence-corrected chi connectivity index (χ1v) is 3.70. The fraction of sp³-hybridized carbons (Fsp3) is 0.750. The largest absolute Gasteiger partial charge is 0.125 e. The molecule has 0 rings (SSSR count). The summed E-state index contributed by atoms with van der Waals surface area (Å²) < 4.78 is 0. The molecule has 0 bridgehead atoms. The van der Waals surface area contributed by atoms with Crippen LogP contribution in [0.1, 0.15) is 39.0 Å². The number of hydrogen-bond donors (Lipinski definition) is 0. The van der Waals surface area contributed by atoms with E-state index in [9.17, 15) is 0 Å². The SMILES string of the molecule is [B]C(=C)CCCCCC. The van der Waals surface area contributed by atoms with Gasteiger partial charge in [-0.1, -0.05) is 32.6 Å². The van der Waals surface area contributed by atoms with Gasteiger partial charge in [-0.2, -0.15) is 0 Å². The zero-order valence-electron chi connectivity index (χ0n) is 6.32. The maximum absolute atomic E-state index is 5.38. The van der Waals surface area contributed by atoms with Gasteiger partial charge < -0.3 is 0 Å². The molecule has 2 radical (unpaired) electrons. The Balaban J connectivity index is 2.83. The molecule has 0 atom stereocenters. The smallest absolute Gasteiger partial charge is 0.106 e. The Labute approximate surface area is 59.8 Å². The van der Waals surface area contributed by atoms with E-state index in [-0.39, 0.29) is 0 Å². The van der Waals surface area contributed by atoms with E-state index in [0.29, 0.717) is 0 Å². The summed E-state index contributed by atoms with van der Waals surface area (Å²) in [6.45, 7) is 5.84. The predicted octanol–water partition coefficient (Wildman–Crippen LogP) is 2.64. The van der Waals surface area contributed by atoms with E-state index < -0.39 is 0 Å². The molecule has 0 amide bonds. The molecular formula is C8H15B. The van der Waals surface area contributed by atoms with Gasteiger partial charge in [-0.15, -0.1) is 12.1 Å². The molecule has 9 heavy (non-hydrogen) atoms. The molecule has 0 aromatic rings. The van der Waals surface area contributed by atoms with Crippen molar-refractivity contribution < 1.29 is 0 Å². The number of rotatable bonds is 5. The van der Waals surface area contributed by atoms with E-state index in [1.165, 1.54) is 25.7 Å². The van der Waals surface area contributed by atoms with E-state index in [4.69, 9.17) is 7.85 Å². The topological polar surface area (TPSA) is 0 Å². The van der Waals surface area contributed by atoms with Gasteiger partial charge in [0.05, 0.1) is 0 Å². The minimum atomic E-state index is 0.825. The molecule has 0 unspecified atom stereocenters. The minimum absolute atomic E-state index is 0.825. The standard InChI is InChI=1S/C8H15B/c1-3-4-5-6-7-8(2)9/h2-7H2,1H3. The van der Waals surface area contributed by atoms with Crippen molar-refractivity contribution >= 4 is 7.85 Å². The van der Waals surface area contributed by atoms with Gasteiger partial charge in [0.1, 0.15) is 7.85 Å². The molecule has 0 saturated carbocycles. The first kappa shape index (κ1) is 8.80. The van der Waals surface area contributed by atoms with Crippen molar-refractivity contribution in [1.82, 2.24) is 0 Å². The molecular weight excluding hydrogens is 107 g/mol. The molecule has 0 fully saturated rings. The van der Waals surface area contributed by atoms with Crippen molar-refractivity contribution in [2.45, 2.75) is 39.0 Å². The van der Waals surface area contributed by atoms with Gasteiger partial charge in [0.25, 0.3) is 0 Å². The molecule has 0 nitrogen and oxygen atoms in total. The number of unbranched alkanes of at least 4 members (excludes halogenated alkanes) is 3. The highest BCUT2D eigenvalue weighted by atomic mass is 13.9. The molecule has 0 heterocycles. The van der Waals surface area contributed by atoms with Crippen LogP contribution in [0.25, 0.3) is 0 Å². The number of allylic oxidation sites excluding steroid dienone is 1. The average Bonchev–Trinajstić information content (AvgIpc) is 1.80. The van der Waals surface area contributed by atoms with Crippen LogP contribution >= 0.6 is 0 Å². The quantitative estimate of drug-likeness (QED) is 0.388. The van der Waals surface area contributed by atoms with Crippen molar-refractivity contribution in [3.05, 3.63) is 12.1 Å². The van der Waals surface area contributed by atoms with Crippen LogP contribution in [0, 0.1) is 0 Å². The lowest BCUT2D eigenvalue weighted by molar-refractivity contribution is 0.672. The van der Waals surface area contributed by atoms with Gasteiger partial charge in [-0.25, -0.2) is 0 Å². The summed E-state index contributed by atoms with van der Waals surface area (Å²) in [4.78, 5) is 0. The predicted molar refractivity (Wildman–Crippen MR) is 43.7 cm³/mol. The number of hydrogen-bond acceptors (Lipinski definition) is 0. The average molecular weight is 122 g/mol. The van der Waals surface area contributed by atoms with Gasteiger partial charge in [0.2, 0.25) is 0 Å². The monoisotopic (exact) mass is 122 g/mol. The van der Waals surface area contributed by atoms with E-state index >= 15 is 0 Å². The van der Waals surface area contributed by atoms with Crippen molar-refractivity contribution in [2.75, 3.05) is 0 Å². The van der Waals surface area contributed by atoms with E-state index in [1.807, 2.05) is 0 Å². The first-order chi connectivity index (χ1) is 4.27. The van der Waals surface area contributed by atoms with Crippen molar-refractivity contribution in [2.24, 2.45) is 0 Å². The lowest BCUT2D eigenvalue weighted by atomic mass is 9.92. The summed E-state index contributed by atoms with van der Waals surface area (Å²) in [6.07, 6.45) is 6.13. The van der Waals surface area contributed by atoms with E-state index in [2.05, 4.69) is 13.5 Å². The van der Waals surface area contributed by atoms with Crippen LogP contribution in [0.3, 0.4) is 0 Å². The Morgan fingerprint density at radius 3 is 2.44 bits per heavy atom. The van der Waals surface area contributed by atoms with Gasteiger partial charge in [-0.05, 0) is 6.42 Å². The van der Waals surface area contributed by atoms with Crippen molar-refractivity contribution in [3.63, 3.8) is 0 Å². The van der Waals surface area contributed by atoms with Gasteiger partial charge in [0, 0.05) is 0 Å². The zero-order valence-corrected chi connectivity index (χ0v) is 6.32. The van der Waals surface area contributed by atoms with E-state index in [0.717, 1.165) is 11.9 Å². The Bertz CT molecular complexity index is 76.6. The van der Waals surface area contributed by atoms with Crippen LogP contribution in [0.2, 0.25) is 0 Å². The third-order valence-corrected chi connectivity index (χ3v) is 1.35. The Hall–Kier alpha value is -0.195. The third-order valence-electron chi connectivity index (χ3n) is 1.35. The van der Waals surface area contributed by atoms with Crippen LogP contribution in [-0.2, 0) is 0 Å². The zero-order chi connectivity index (χ0) is 7.11. The molecule has 0 N–H and O–H groups in total. The van der Waals surface area contributed by atoms with Crippen LogP contribution in [0.5, 0.6) is 0 Å². The fourth-order valence-corrected chi connectivity index (χ4v) is 0.779. The molecule has 0 spiro atoms. The van der Waals surface area contributed by atoms with Gasteiger partial charge in [0.15, 0.2) is 0 Å². The molecule has 0 aromatic carbocycles. The molecule has 0 aliphatic rings. The van der Waals surface area contributed by atoms with Gasteiger partial charge in [-0.3, -0.25) is 0 Å². The van der Waals surface area contributed by atoms with Gasteiger partial charge >= 0.3 is 0 Å². The first-order valence-electron chi connectivity index (χ1n) is 3.70. The summed E-state index contributed by atoms with van der Waals surface area (Å²) in [7, 11) is 5.38. The maximum Gasteiger partial charge on any atom is 0.106 e. The second-order valence-electron chi connectivity index (χ2n) is 2.47. The molecule has 1 heteroatoms. The summed E-state index contributed by atoms with van der Waals surface area (Å²) in [5, 5.41) is 0. The highest BCUT2D eigenvalue weighted by molar-refractivity contribution is 6.21. The van der Waals surface area contributed by atoms with Crippen LogP contribution < -0.4 is 0 Å². The summed E-state index contributed by atoms with van der Waals surface area (Å²) in [5.74, 6) is 0. The lowest BCUT2D eigenvalue weighted by Gasteiger charge is -1.97. The molecule has 0 aromatic heterocycles. The highest BCUT2D eigenvalue weighted by Crippen LogP contribution is 2.05. The summed E-state index contributed by atoms with van der Waals surface area (Å²) >= 11 is 0. The molecule has 50 valence electrons. The Morgan fingerprint density at radius 2 is 2.00 bits per heavy atom.